The lowest BCUT2D eigenvalue weighted by atomic mass is 10.1. The summed E-state index contributed by atoms with van der Waals surface area (Å²) in [4.78, 5) is 15.0. The summed E-state index contributed by atoms with van der Waals surface area (Å²) < 4.78 is 21.7. The Hall–Kier alpha value is -3.68. The van der Waals surface area contributed by atoms with Crippen molar-refractivity contribution in [2.24, 2.45) is 0 Å². The molecule has 0 aliphatic heterocycles. The third kappa shape index (κ3) is 4.64. The molecule has 8 nitrogen and oxygen atoms in total. The van der Waals surface area contributed by atoms with Gasteiger partial charge in [-0.2, -0.15) is 0 Å². The number of benzene rings is 2. The van der Waals surface area contributed by atoms with Crippen molar-refractivity contribution in [2.75, 3.05) is 39.3 Å². The van der Waals surface area contributed by atoms with Crippen LogP contribution in [0.3, 0.4) is 0 Å². The van der Waals surface area contributed by atoms with Gasteiger partial charge in [0, 0.05) is 36.8 Å². The molecule has 32 heavy (non-hydrogen) atoms. The molecule has 0 saturated heterocycles. The van der Waals surface area contributed by atoms with Crippen molar-refractivity contribution < 1.29 is 23.4 Å². The second kappa shape index (κ2) is 10.1. The maximum Gasteiger partial charge on any atom is 0.257 e. The van der Waals surface area contributed by atoms with Crippen molar-refractivity contribution >= 4 is 22.6 Å². The van der Waals surface area contributed by atoms with E-state index in [0.29, 0.717) is 22.8 Å². The van der Waals surface area contributed by atoms with Crippen LogP contribution >= 0.6 is 0 Å². The van der Waals surface area contributed by atoms with E-state index in [1.165, 1.54) is 21.3 Å². The molecule has 170 valence electrons. The third-order valence-electron chi connectivity index (χ3n) is 5.30. The van der Waals surface area contributed by atoms with Crippen molar-refractivity contribution in [1.29, 1.82) is 5.41 Å². The van der Waals surface area contributed by atoms with Gasteiger partial charge in [-0.15, -0.1) is 0 Å². The third-order valence-corrected chi connectivity index (χ3v) is 5.30. The number of carbonyl (C=O) groups excluding carboxylic acids is 1. The van der Waals surface area contributed by atoms with Crippen LogP contribution in [0.15, 0.2) is 40.8 Å². The minimum atomic E-state index is -0.401. The van der Waals surface area contributed by atoms with Gasteiger partial charge in [0.2, 0.25) is 11.3 Å². The number of fused-ring (bicyclic) bond motifs is 1. The lowest BCUT2D eigenvalue weighted by molar-refractivity contribution is 0.0946. The number of amides is 1. The summed E-state index contributed by atoms with van der Waals surface area (Å²) in [6, 6.07) is 11.0. The number of carbonyl (C=O) groups is 1. The summed E-state index contributed by atoms with van der Waals surface area (Å²) >= 11 is 0. The summed E-state index contributed by atoms with van der Waals surface area (Å²) in [5.74, 6) is 1.09. The molecule has 1 aromatic heterocycles. The van der Waals surface area contributed by atoms with Crippen molar-refractivity contribution in [2.45, 2.75) is 20.4 Å². The van der Waals surface area contributed by atoms with Crippen LogP contribution in [-0.2, 0) is 6.54 Å². The molecule has 0 aliphatic carbocycles. The molecule has 0 atom stereocenters. The average molecular weight is 440 g/mol. The number of hydrogen-bond donors (Lipinski definition) is 2. The molecule has 3 aromatic rings. The fourth-order valence-corrected chi connectivity index (χ4v) is 3.59. The van der Waals surface area contributed by atoms with E-state index in [-0.39, 0.29) is 17.7 Å². The van der Waals surface area contributed by atoms with Crippen LogP contribution in [0.4, 0.5) is 5.69 Å². The van der Waals surface area contributed by atoms with E-state index < -0.39 is 5.91 Å². The maximum atomic E-state index is 12.8. The molecule has 0 bridgehead atoms. The smallest absolute Gasteiger partial charge is 0.257 e. The molecular formula is C24H29N3O5. The predicted molar refractivity (Wildman–Crippen MR) is 123 cm³/mol. The second-order valence-corrected chi connectivity index (χ2v) is 7.10. The molecule has 0 aliphatic rings. The highest BCUT2D eigenvalue weighted by atomic mass is 16.5. The van der Waals surface area contributed by atoms with Crippen molar-refractivity contribution in [3.63, 3.8) is 0 Å². The first-order valence-corrected chi connectivity index (χ1v) is 10.4. The standard InChI is InChI=1S/C24H29N3O5/c1-6-27(7-2)17-9-8-16-12-18(23(25)32-19(16)13-17)24(28)26-14-15-10-20(29-3)22(31-5)21(11-15)30-4/h8-13,25H,6-7,14H2,1-5H3,(H,26,28). The van der Waals surface area contributed by atoms with E-state index in [2.05, 4.69) is 24.1 Å². The number of rotatable bonds is 9. The highest BCUT2D eigenvalue weighted by Gasteiger charge is 2.16. The van der Waals surface area contributed by atoms with Gasteiger partial charge < -0.3 is 28.8 Å². The molecule has 3 rings (SSSR count). The number of methoxy groups -OCH3 is 3. The van der Waals surface area contributed by atoms with E-state index >= 15 is 0 Å². The molecule has 8 heteroatoms. The molecule has 0 saturated carbocycles. The first-order chi connectivity index (χ1) is 15.4. The van der Waals surface area contributed by atoms with Crippen LogP contribution in [0, 0.1) is 5.41 Å². The quantitative estimate of drug-likeness (QED) is 0.528. The Morgan fingerprint density at radius 1 is 1.00 bits per heavy atom. The van der Waals surface area contributed by atoms with Gasteiger partial charge >= 0.3 is 0 Å². The topological polar surface area (TPSA) is 97.0 Å². The fraction of sp³-hybridized carbons (Fsp3) is 0.333. The zero-order valence-electron chi connectivity index (χ0n) is 19.1. The highest BCUT2D eigenvalue weighted by Crippen LogP contribution is 2.38. The van der Waals surface area contributed by atoms with E-state index in [1.54, 1.807) is 18.2 Å². The number of anilines is 1. The van der Waals surface area contributed by atoms with E-state index in [4.69, 9.17) is 24.0 Å². The molecule has 0 spiro atoms. The zero-order chi connectivity index (χ0) is 23.3. The van der Waals surface area contributed by atoms with Crippen LogP contribution in [-0.4, -0.2) is 40.3 Å². The monoisotopic (exact) mass is 439 g/mol. The second-order valence-electron chi connectivity index (χ2n) is 7.10. The molecule has 2 aromatic carbocycles. The molecule has 1 amide bonds. The predicted octanol–water partition coefficient (Wildman–Crippen LogP) is 3.71. The van der Waals surface area contributed by atoms with Gasteiger partial charge in [-0.3, -0.25) is 10.2 Å². The Bertz CT molecular complexity index is 1140. The zero-order valence-corrected chi connectivity index (χ0v) is 19.1. The summed E-state index contributed by atoms with van der Waals surface area (Å²) in [5, 5.41) is 11.8. The summed E-state index contributed by atoms with van der Waals surface area (Å²) in [6.45, 7) is 6.13. The van der Waals surface area contributed by atoms with Crippen molar-refractivity contribution in [3.05, 3.63) is 53.1 Å². The number of nitrogens with one attached hydrogen (secondary N) is 2. The average Bonchev–Trinajstić information content (AvgIpc) is 2.81. The minimum absolute atomic E-state index is 0.167. The summed E-state index contributed by atoms with van der Waals surface area (Å²) in [6.07, 6.45) is 0. The fourth-order valence-electron chi connectivity index (χ4n) is 3.59. The highest BCUT2D eigenvalue weighted by molar-refractivity contribution is 5.96. The van der Waals surface area contributed by atoms with E-state index in [0.717, 1.165) is 29.7 Å². The molecule has 1 heterocycles. The van der Waals surface area contributed by atoms with Gasteiger partial charge in [0.15, 0.2) is 11.5 Å². The largest absolute Gasteiger partial charge is 0.493 e. The number of nitrogens with zero attached hydrogens (tertiary/aromatic N) is 1. The number of ether oxygens (including phenoxy) is 3. The molecule has 0 fully saturated rings. The summed E-state index contributed by atoms with van der Waals surface area (Å²) in [5.41, 5.74) is 2.34. The molecule has 2 N–H and O–H groups in total. The Morgan fingerprint density at radius 2 is 1.66 bits per heavy atom. The Kier molecular flexibility index (Phi) is 7.25. The lowest BCUT2D eigenvalue weighted by Crippen LogP contribution is -2.28. The van der Waals surface area contributed by atoms with Crippen LogP contribution in [0.25, 0.3) is 11.0 Å². The van der Waals surface area contributed by atoms with Gasteiger partial charge in [0.05, 0.1) is 21.3 Å². The Labute approximate surface area is 187 Å². The SMILES string of the molecule is CCN(CC)c1ccc2cc(C(=O)NCc3cc(OC)c(OC)c(OC)c3)c(=N)oc2c1. The summed E-state index contributed by atoms with van der Waals surface area (Å²) in [7, 11) is 4.61. The number of hydrogen-bond acceptors (Lipinski definition) is 7. The minimum Gasteiger partial charge on any atom is -0.493 e. The van der Waals surface area contributed by atoms with Crippen LogP contribution in [0.2, 0.25) is 0 Å². The van der Waals surface area contributed by atoms with E-state index in [1.807, 2.05) is 18.2 Å². The van der Waals surface area contributed by atoms with Crippen LogP contribution in [0.1, 0.15) is 29.8 Å². The van der Waals surface area contributed by atoms with Crippen molar-refractivity contribution in [3.8, 4) is 17.2 Å². The van der Waals surface area contributed by atoms with Crippen LogP contribution < -0.4 is 30.0 Å². The Morgan fingerprint density at radius 3 is 2.22 bits per heavy atom. The first kappa shape index (κ1) is 23.0. The lowest BCUT2D eigenvalue weighted by Gasteiger charge is -2.21. The Balaban J connectivity index is 1.84. The van der Waals surface area contributed by atoms with E-state index in [9.17, 15) is 4.79 Å². The van der Waals surface area contributed by atoms with Gasteiger partial charge in [-0.1, -0.05) is 0 Å². The normalized spacial score (nSPS) is 10.7. The molecule has 0 unspecified atom stereocenters. The molecular weight excluding hydrogens is 410 g/mol. The van der Waals surface area contributed by atoms with Gasteiger partial charge in [0.25, 0.3) is 5.91 Å². The van der Waals surface area contributed by atoms with Gasteiger partial charge in [0.1, 0.15) is 11.1 Å². The van der Waals surface area contributed by atoms with Crippen molar-refractivity contribution in [1.82, 2.24) is 5.32 Å². The van der Waals surface area contributed by atoms with Gasteiger partial charge in [-0.05, 0) is 49.7 Å². The van der Waals surface area contributed by atoms with Crippen LogP contribution in [0.5, 0.6) is 17.2 Å². The molecule has 0 radical (unpaired) electrons. The first-order valence-electron chi connectivity index (χ1n) is 10.4. The maximum absolute atomic E-state index is 12.8. The van der Waals surface area contributed by atoms with Gasteiger partial charge in [-0.25, -0.2) is 0 Å².